The first-order chi connectivity index (χ1) is 13.8. The van der Waals surface area contributed by atoms with Crippen molar-refractivity contribution in [3.8, 4) is 17.1 Å². The molecule has 0 aliphatic rings. The van der Waals surface area contributed by atoms with Gasteiger partial charge in [0.25, 0.3) is 0 Å². The predicted molar refractivity (Wildman–Crippen MR) is 113 cm³/mol. The number of phenols is 1. The van der Waals surface area contributed by atoms with Crippen LogP contribution in [-0.2, 0) is 5.75 Å². The average molecular weight is 386 g/mol. The minimum Gasteiger partial charge on any atom is -0.508 e. The molecule has 0 fully saturated rings. The molecular weight excluding hydrogens is 368 g/mol. The molecule has 0 aliphatic heterocycles. The summed E-state index contributed by atoms with van der Waals surface area (Å²) in [6, 6.07) is 27.0. The van der Waals surface area contributed by atoms with E-state index < -0.39 is 0 Å². The van der Waals surface area contributed by atoms with E-state index in [9.17, 15) is 5.11 Å². The number of rotatable bonds is 6. The fraction of sp³-hybridized carbons (Fsp3) is 0.0455. The van der Waals surface area contributed by atoms with Crippen molar-refractivity contribution in [2.24, 2.45) is 5.10 Å². The lowest BCUT2D eigenvalue weighted by atomic mass is 10.2. The summed E-state index contributed by atoms with van der Waals surface area (Å²) in [5.41, 5.74) is 3.04. The maximum Gasteiger partial charge on any atom is 0.212 e. The van der Waals surface area contributed by atoms with Crippen LogP contribution in [0.4, 0.5) is 0 Å². The lowest BCUT2D eigenvalue weighted by Crippen LogP contribution is -1.97. The number of phenolic OH excluding ortho intramolecular Hbond substituents is 1. The molecule has 0 atom stereocenters. The Morgan fingerprint density at radius 3 is 2.25 bits per heavy atom. The largest absolute Gasteiger partial charge is 0.508 e. The molecule has 138 valence electrons. The second kappa shape index (κ2) is 8.54. The molecule has 1 heterocycles. The highest BCUT2D eigenvalue weighted by Gasteiger charge is 2.14. The quantitative estimate of drug-likeness (QED) is 0.381. The second-order valence-electron chi connectivity index (χ2n) is 6.09. The Hall–Kier alpha value is -3.38. The third-order valence-electron chi connectivity index (χ3n) is 4.07. The fourth-order valence-electron chi connectivity index (χ4n) is 2.63. The van der Waals surface area contributed by atoms with E-state index in [1.165, 1.54) is 5.56 Å². The van der Waals surface area contributed by atoms with E-state index in [1.807, 2.05) is 60.7 Å². The van der Waals surface area contributed by atoms with Crippen molar-refractivity contribution in [1.29, 1.82) is 0 Å². The number of hydrogen-bond acceptors (Lipinski definition) is 5. The molecule has 0 unspecified atom stereocenters. The van der Waals surface area contributed by atoms with Crippen molar-refractivity contribution in [2.75, 3.05) is 0 Å². The van der Waals surface area contributed by atoms with Crippen molar-refractivity contribution in [1.82, 2.24) is 14.9 Å². The summed E-state index contributed by atoms with van der Waals surface area (Å²) in [4.78, 5) is 0. The summed E-state index contributed by atoms with van der Waals surface area (Å²) in [5, 5.41) is 23.5. The molecule has 0 saturated carbocycles. The predicted octanol–water partition coefficient (Wildman–Crippen LogP) is 4.83. The van der Waals surface area contributed by atoms with Crippen LogP contribution in [0.5, 0.6) is 5.75 Å². The van der Waals surface area contributed by atoms with Gasteiger partial charge in [-0.25, -0.2) is 0 Å². The summed E-state index contributed by atoms with van der Waals surface area (Å²) in [6.45, 7) is 0. The second-order valence-corrected chi connectivity index (χ2v) is 7.04. The Kier molecular flexibility index (Phi) is 5.49. The highest BCUT2D eigenvalue weighted by molar-refractivity contribution is 7.98. The van der Waals surface area contributed by atoms with Crippen molar-refractivity contribution in [3.63, 3.8) is 0 Å². The van der Waals surface area contributed by atoms with Crippen molar-refractivity contribution >= 4 is 18.0 Å². The van der Waals surface area contributed by atoms with E-state index in [1.54, 1.807) is 34.8 Å². The van der Waals surface area contributed by atoms with Crippen LogP contribution in [0.25, 0.3) is 11.4 Å². The normalized spacial score (nSPS) is 11.1. The zero-order chi connectivity index (χ0) is 19.2. The van der Waals surface area contributed by atoms with Gasteiger partial charge in [-0.3, -0.25) is 0 Å². The molecule has 0 bridgehead atoms. The Bertz CT molecular complexity index is 1060. The van der Waals surface area contributed by atoms with E-state index in [0.29, 0.717) is 5.82 Å². The zero-order valence-electron chi connectivity index (χ0n) is 15.0. The van der Waals surface area contributed by atoms with Crippen LogP contribution in [0.2, 0.25) is 0 Å². The molecule has 0 amide bonds. The van der Waals surface area contributed by atoms with Gasteiger partial charge in [0.15, 0.2) is 5.82 Å². The van der Waals surface area contributed by atoms with Crippen LogP contribution in [0.15, 0.2) is 95.2 Å². The molecule has 0 saturated heterocycles. The topological polar surface area (TPSA) is 63.3 Å². The Morgan fingerprint density at radius 1 is 0.857 bits per heavy atom. The van der Waals surface area contributed by atoms with Gasteiger partial charge in [-0.1, -0.05) is 72.4 Å². The van der Waals surface area contributed by atoms with Gasteiger partial charge in [-0.15, -0.1) is 10.2 Å². The van der Waals surface area contributed by atoms with E-state index in [-0.39, 0.29) is 5.75 Å². The minimum absolute atomic E-state index is 0.227. The monoisotopic (exact) mass is 386 g/mol. The first-order valence-electron chi connectivity index (χ1n) is 8.80. The first kappa shape index (κ1) is 18.0. The van der Waals surface area contributed by atoms with Gasteiger partial charge in [0, 0.05) is 11.3 Å². The molecule has 0 aliphatic carbocycles. The molecule has 1 N–H and O–H groups in total. The smallest absolute Gasteiger partial charge is 0.212 e. The lowest BCUT2D eigenvalue weighted by Gasteiger charge is -2.05. The third-order valence-corrected chi connectivity index (χ3v) is 5.06. The number of aromatic hydroxyl groups is 1. The molecule has 1 aromatic heterocycles. The summed E-state index contributed by atoms with van der Waals surface area (Å²) in [5.74, 6) is 1.69. The van der Waals surface area contributed by atoms with E-state index >= 15 is 0 Å². The molecule has 4 rings (SSSR count). The van der Waals surface area contributed by atoms with Crippen LogP contribution in [0.1, 0.15) is 11.1 Å². The first-order valence-corrected chi connectivity index (χ1v) is 9.79. The van der Waals surface area contributed by atoms with Crippen molar-refractivity contribution in [2.45, 2.75) is 10.9 Å². The van der Waals surface area contributed by atoms with Gasteiger partial charge in [0.2, 0.25) is 5.16 Å². The maximum atomic E-state index is 9.45. The third kappa shape index (κ3) is 4.29. The Labute approximate surface area is 167 Å². The van der Waals surface area contributed by atoms with Crippen LogP contribution < -0.4 is 0 Å². The molecule has 3 aromatic carbocycles. The van der Waals surface area contributed by atoms with Crippen LogP contribution in [0.3, 0.4) is 0 Å². The van der Waals surface area contributed by atoms with Gasteiger partial charge in [0.1, 0.15) is 5.75 Å². The number of nitrogens with zero attached hydrogens (tertiary/aromatic N) is 4. The van der Waals surface area contributed by atoms with Crippen LogP contribution in [-0.4, -0.2) is 26.2 Å². The number of hydrogen-bond donors (Lipinski definition) is 1. The van der Waals surface area contributed by atoms with Crippen molar-refractivity contribution in [3.05, 3.63) is 96.1 Å². The maximum absolute atomic E-state index is 9.45. The standard InChI is InChI=1S/C22H18N4OS/c27-20-13-11-17(12-14-20)15-23-26-21(19-9-5-2-6-10-19)24-25-22(26)28-16-18-7-3-1-4-8-18/h1-15,27H,16H2. The van der Waals surface area contributed by atoms with Gasteiger partial charge >= 0.3 is 0 Å². The number of aromatic nitrogens is 3. The van der Waals surface area contributed by atoms with E-state index in [0.717, 1.165) is 22.0 Å². The van der Waals surface area contributed by atoms with Crippen LogP contribution >= 0.6 is 11.8 Å². The summed E-state index contributed by atoms with van der Waals surface area (Å²) < 4.78 is 1.76. The highest BCUT2D eigenvalue weighted by Crippen LogP contribution is 2.26. The SMILES string of the molecule is Oc1ccc(C=Nn2c(SCc3ccccc3)nnc2-c2ccccc2)cc1. The van der Waals surface area contributed by atoms with Gasteiger partial charge in [0.05, 0.1) is 6.21 Å². The molecule has 0 spiro atoms. The Morgan fingerprint density at radius 2 is 1.54 bits per heavy atom. The van der Waals surface area contributed by atoms with E-state index in [4.69, 9.17) is 0 Å². The summed E-state index contributed by atoms with van der Waals surface area (Å²) in [7, 11) is 0. The molecule has 4 aromatic rings. The molecular formula is C22H18N4OS. The fourth-order valence-corrected chi connectivity index (χ4v) is 3.48. The minimum atomic E-state index is 0.227. The van der Waals surface area contributed by atoms with Crippen molar-refractivity contribution < 1.29 is 5.11 Å². The van der Waals surface area contributed by atoms with E-state index in [2.05, 4.69) is 27.4 Å². The van der Waals surface area contributed by atoms with Crippen LogP contribution in [0, 0.1) is 0 Å². The summed E-state index contributed by atoms with van der Waals surface area (Å²) in [6.07, 6.45) is 1.74. The lowest BCUT2D eigenvalue weighted by molar-refractivity contribution is 0.475. The van der Waals surface area contributed by atoms with Gasteiger partial charge in [-0.2, -0.15) is 9.78 Å². The van der Waals surface area contributed by atoms with Gasteiger partial charge < -0.3 is 5.11 Å². The number of thioether (sulfide) groups is 1. The molecule has 0 radical (unpaired) electrons. The molecule has 6 heteroatoms. The molecule has 28 heavy (non-hydrogen) atoms. The summed E-state index contributed by atoms with van der Waals surface area (Å²) >= 11 is 1.59. The average Bonchev–Trinajstić information content (AvgIpc) is 3.16. The molecule has 5 nitrogen and oxygen atoms in total. The van der Waals surface area contributed by atoms with Gasteiger partial charge in [-0.05, 0) is 35.4 Å². The zero-order valence-corrected chi connectivity index (χ0v) is 15.8. The highest BCUT2D eigenvalue weighted by atomic mass is 32.2. The number of benzene rings is 3. The Balaban J connectivity index is 1.65.